The van der Waals surface area contributed by atoms with E-state index in [-0.39, 0.29) is 36.2 Å². The lowest BCUT2D eigenvalue weighted by Gasteiger charge is -2.31. The summed E-state index contributed by atoms with van der Waals surface area (Å²) < 4.78 is 0. The van der Waals surface area contributed by atoms with E-state index in [1.807, 2.05) is 13.8 Å². The first kappa shape index (κ1) is 18.2. The SMILES string of the molecule is CC(C)C(C(=O)NCC1CCCNC1)N1CCCC1=O.Cl. The van der Waals surface area contributed by atoms with Crippen molar-refractivity contribution in [1.82, 2.24) is 15.5 Å². The van der Waals surface area contributed by atoms with Crippen molar-refractivity contribution in [2.45, 2.75) is 45.6 Å². The lowest BCUT2D eigenvalue weighted by atomic mass is 9.98. The zero-order chi connectivity index (χ0) is 14.5. The van der Waals surface area contributed by atoms with Crippen molar-refractivity contribution < 1.29 is 9.59 Å². The molecule has 0 aromatic rings. The van der Waals surface area contributed by atoms with E-state index >= 15 is 0 Å². The number of piperidine rings is 1. The van der Waals surface area contributed by atoms with Crippen LogP contribution in [0.3, 0.4) is 0 Å². The number of amides is 2. The second-order valence-electron chi connectivity index (χ2n) is 6.34. The summed E-state index contributed by atoms with van der Waals surface area (Å²) in [6, 6.07) is -0.304. The van der Waals surface area contributed by atoms with Gasteiger partial charge < -0.3 is 15.5 Å². The maximum atomic E-state index is 12.4. The number of likely N-dealkylation sites (tertiary alicyclic amines) is 1. The highest BCUT2D eigenvalue weighted by Crippen LogP contribution is 2.19. The molecule has 2 aliphatic rings. The molecule has 0 aliphatic carbocycles. The fraction of sp³-hybridized carbons (Fsp3) is 0.867. The molecule has 21 heavy (non-hydrogen) atoms. The van der Waals surface area contributed by atoms with E-state index in [2.05, 4.69) is 10.6 Å². The zero-order valence-electron chi connectivity index (χ0n) is 13.1. The molecule has 2 unspecified atom stereocenters. The Labute approximate surface area is 133 Å². The monoisotopic (exact) mass is 317 g/mol. The average Bonchev–Trinajstić information content (AvgIpc) is 2.84. The summed E-state index contributed by atoms with van der Waals surface area (Å²) in [5.74, 6) is 0.815. The van der Waals surface area contributed by atoms with Crippen molar-refractivity contribution in [2.75, 3.05) is 26.2 Å². The summed E-state index contributed by atoms with van der Waals surface area (Å²) in [5.41, 5.74) is 0. The van der Waals surface area contributed by atoms with Crippen LogP contribution in [0.25, 0.3) is 0 Å². The number of rotatable bonds is 5. The highest BCUT2D eigenvalue weighted by Gasteiger charge is 2.34. The Bertz CT molecular complexity index is 357. The van der Waals surface area contributed by atoms with E-state index < -0.39 is 0 Å². The quantitative estimate of drug-likeness (QED) is 0.800. The van der Waals surface area contributed by atoms with Gasteiger partial charge in [-0.3, -0.25) is 9.59 Å². The van der Waals surface area contributed by atoms with Gasteiger partial charge in [0.05, 0.1) is 0 Å². The third kappa shape index (κ3) is 4.85. The molecule has 0 bridgehead atoms. The first-order valence-electron chi connectivity index (χ1n) is 7.87. The maximum absolute atomic E-state index is 12.4. The van der Waals surface area contributed by atoms with Gasteiger partial charge in [0, 0.05) is 19.5 Å². The summed E-state index contributed by atoms with van der Waals surface area (Å²) >= 11 is 0. The van der Waals surface area contributed by atoms with E-state index in [0.29, 0.717) is 12.3 Å². The van der Waals surface area contributed by atoms with E-state index in [9.17, 15) is 9.59 Å². The highest BCUT2D eigenvalue weighted by molar-refractivity contribution is 5.88. The lowest BCUT2D eigenvalue weighted by molar-refractivity contribution is -0.139. The molecule has 2 atom stereocenters. The molecule has 2 fully saturated rings. The number of carbonyl (C=O) groups is 2. The van der Waals surface area contributed by atoms with Gasteiger partial charge in [-0.1, -0.05) is 13.8 Å². The molecule has 0 spiro atoms. The molecule has 122 valence electrons. The molecule has 2 rings (SSSR count). The van der Waals surface area contributed by atoms with Crippen LogP contribution in [-0.4, -0.2) is 48.9 Å². The molecule has 2 N–H and O–H groups in total. The van der Waals surface area contributed by atoms with Crippen LogP contribution in [-0.2, 0) is 9.59 Å². The summed E-state index contributed by atoms with van der Waals surface area (Å²) in [4.78, 5) is 26.1. The third-order valence-electron chi connectivity index (χ3n) is 4.31. The fourth-order valence-electron chi connectivity index (χ4n) is 3.22. The number of nitrogens with one attached hydrogen (secondary N) is 2. The van der Waals surface area contributed by atoms with Crippen molar-refractivity contribution in [3.8, 4) is 0 Å². The first-order chi connectivity index (χ1) is 9.59. The van der Waals surface area contributed by atoms with Gasteiger partial charge in [0.2, 0.25) is 11.8 Å². The molecule has 0 aromatic carbocycles. The predicted octanol–water partition coefficient (Wildman–Crippen LogP) is 1.17. The van der Waals surface area contributed by atoms with Gasteiger partial charge in [-0.2, -0.15) is 0 Å². The Balaban J connectivity index is 0.00000220. The largest absolute Gasteiger partial charge is 0.354 e. The molecule has 5 nitrogen and oxygen atoms in total. The van der Waals surface area contributed by atoms with Gasteiger partial charge >= 0.3 is 0 Å². The van der Waals surface area contributed by atoms with Crippen molar-refractivity contribution in [2.24, 2.45) is 11.8 Å². The van der Waals surface area contributed by atoms with Gasteiger partial charge in [-0.25, -0.2) is 0 Å². The second kappa shape index (κ2) is 8.59. The van der Waals surface area contributed by atoms with E-state index in [4.69, 9.17) is 0 Å². The molecule has 6 heteroatoms. The van der Waals surface area contributed by atoms with Crippen LogP contribution >= 0.6 is 12.4 Å². The first-order valence-corrected chi connectivity index (χ1v) is 7.87. The van der Waals surface area contributed by atoms with Gasteiger partial charge in [0.25, 0.3) is 0 Å². The van der Waals surface area contributed by atoms with Crippen LogP contribution in [0.5, 0.6) is 0 Å². The van der Waals surface area contributed by atoms with Gasteiger partial charge in [-0.05, 0) is 44.2 Å². The molecule has 0 saturated carbocycles. The minimum Gasteiger partial charge on any atom is -0.354 e. The normalized spacial score (nSPS) is 23.9. The third-order valence-corrected chi connectivity index (χ3v) is 4.31. The second-order valence-corrected chi connectivity index (χ2v) is 6.34. The summed E-state index contributed by atoms with van der Waals surface area (Å²) in [6.07, 6.45) is 3.81. The minimum absolute atomic E-state index is 0. The molecule has 2 aliphatic heterocycles. The average molecular weight is 318 g/mol. The van der Waals surface area contributed by atoms with Gasteiger partial charge in [-0.15, -0.1) is 12.4 Å². The van der Waals surface area contributed by atoms with Crippen LogP contribution in [0.1, 0.15) is 39.5 Å². The number of halogens is 1. The van der Waals surface area contributed by atoms with Crippen molar-refractivity contribution in [1.29, 1.82) is 0 Å². The predicted molar refractivity (Wildman–Crippen MR) is 85.4 cm³/mol. The molecule has 2 saturated heterocycles. The Hall–Kier alpha value is -0.810. The molecule has 2 heterocycles. The van der Waals surface area contributed by atoms with Crippen molar-refractivity contribution in [3.05, 3.63) is 0 Å². The summed E-state index contributed by atoms with van der Waals surface area (Å²) in [5, 5.41) is 6.42. The summed E-state index contributed by atoms with van der Waals surface area (Å²) in [7, 11) is 0. The van der Waals surface area contributed by atoms with Gasteiger partial charge in [0.15, 0.2) is 0 Å². The molecular formula is C15H28ClN3O2. The molecule has 0 aromatic heterocycles. The number of carbonyl (C=O) groups excluding carboxylic acids is 2. The topological polar surface area (TPSA) is 61.4 Å². The minimum atomic E-state index is -0.304. The number of hydrogen-bond donors (Lipinski definition) is 2. The Kier molecular flexibility index (Phi) is 7.46. The highest BCUT2D eigenvalue weighted by atomic mass is 35.5. The van der Waals surface area contributed by atoms with Crippen LogP contribution in [0.15, 0.2) is 0 Å². The Morgan fingerprint density at radius 3 is 2.71 bits per heavy atom. The van der Waals surface area contributed by atoms with Crippen LogP contribution in [0, 0.1) is 11.8 Å². The van der Waals surface area contributed by atoms with E-state index in [0.717, 1.165) is 32.6 Å². The van der Waals surface area contributed by atoms with Crippen LogP contribution in [0.4, 0.5) is 0 Å². The Morgan fingerprint density at radius 1 is 1.43 bits per heavy atom. The zero-order valence-corrected chi connectivity index (χ0v) is 13.9. The van der Waals surface area contributed by atoms with Crippen LogP contribution < -0.4 is 10.6 Å². The van der Waals surface area contributed by atoms with Gasteiger partial charge in [0.1, 0.15) is 6.04 Å². The van der Waals surface area contributed by atoms with Crippen molar-refractivity contribution >= 4 is 24.2 Å². The Morgan fingerprint density at radius 2 is 2.19 bits per heavy atom. The molecular weight excluding hydrogens is 290 g/mol. The fourth-order valence-corrected chi connectivity index (χ4v) is 3.22. The summed E-state index contributed by atoms with van der Waals surface area (Å²) in [6.45, 7) is 7.53. The lowest BCUT2D eigenvalue weighted by Crippen LogP contribution is -2.51. The smallest absolute Gasteiger partial charge is 0.243 e. The number of nitrogens with zero attached hydrogens (tertiary/aromatic N) is 1. The van der Waals surface area contributed by atoms with E-state index in [1.54, 1.807) is 4.90 Å². The molecule has 0 radical (unpaired) electrons. The van der Waals surface area contributed by atoms with Crippen LogP contribution in [0.2, 0.25) is 0 Å². The molecule has 2 amide bonds. The van der Waals surface area contributed by atoms with E-state index in [1.165, 1.54) is 12.8 Å². The maximum Gasteiger partial charge on any atom is 0.243 e. The number of hydrogen-bond acceptors (Lipinski definition) is 3. The standard InChI is InChI=1S/C15H27N3O2.ClH/c1-11(2)14(18-8-4-6-13(18)19)15(20)17-10-12-5-3-7-16-9-12;/h11-12,14,16H,3-10H2,1-2H3,(H,17,20);1H. The van der Waals surface area contributed by atoms with Crippen molar-refractivity contribution in [3.63, 3.8) is 0 Å².